The summed E-state index contributed by atoms with van der Waals surface area (Å²) in [5, 5.41) is 7.87. The summed E-state index contributed by atoms with van der Waals surface area (Å²) in [6.07, 6.45) is 3.88. The molecule has 0 fully saturated rings. The maximum atomic E-state index is 12.6. The Balaban J connectivity index is 1.44. The van der Waals surface area contributed by atoms with E-state index in [1.54, 1.807) is 0 Å². The first kappa shape index (κ1) is 20.6. The van der Waals surface area contributed by atoms with Crippen molar-refractivity contribution >= 4 is 5.78 Å². The zero-order valence-electron chi connectivity index (χ0n) is 18.1. The van der Waals surface area contributed by atoms with E-state index in [1.165, 1.54) is 11.1 Å². The van der Waals surface area contributed by atoms with E-state index < -0.39 is 0 Å². The first-order chi connectivity index (χ1) is 16.3. The Labute approximate surface area is 193 Å². The molecule has 0 aliphatic heterocycles. The van der Waals surface area contributed by atoms with Gasteiger partial charge in [-0.2, -0.15) is 9.67 Å². The summed E-state index contributed by atoms with van der Waals surface area (Å²) in [6, 6.07) is 36.3. The molecule has 2 aromatic heterocycles. The molecule has 0 saturated carbocycles. The number of aromatic nitrogens is 3. The summed E-state index contributed by atoms with van der Waals surface area (Å²) in [7, 11) is 0. The molecule has 0 amide bonds. The molecule has 33 heavy (non-hydrogen) atoms. The molecule has 0 aliphatic carbocycles. The standard InChI is InChI=1S/C29H24N3O/c33-28(22-11-4-1-5-12-22)21-32-18-10-17-25(20-32)26-19-27(31-30-26)29(23-13-6-2-7-14-23)24-15-8-3-9-16-24/h1-20,29H,21H2,(H,30,31)/q+1. The Morgan fingerprint density at radius 2 is 1.39 bits per heavy atom. The van der Waals surface area contributed by atoms with E-state index >= 15 is 0 Å². The number of nitrogens with one attached hydrogen (secondary N) is 1. The van der Waals surface area contributed by atoms with Crippen molar-refractivity contribution in [3.05, 3.63) is 144 Å². The highest BCUT2D eigenvalue weighted by Crippen LogP contribution is 2.32. The number of rotatable bonds is 7. The molecule has 1 N–H and O–H groups in total. The predicted octanol–water partition coefficient (Wildman–Crippen LogP) is 5.43. The van der Waals surface area contributed by atoms with Gasteiger partial charge in [0.25, 0.3) is 0 Å². The number of Topliss-reactive ketones (excluding diaryl/α,β-unsaturated/α-hetero) is 1. The minimum absolute atomic E-state index is 0.0594. The number of hydrogen-bond acceptors (Lipinski definition) is 2. The van der Waals surface area contributed by atoms with E-state index in [0.29, 0.717) is 5.56 Å². The second-order valence-electron chi connectivity index (χ2n) is 8.02. The molecule has 4 nitrogen and oxygen atoms in total. The SMILES string of the molecule is O=C(C[n+]1cccc(-c2cc(C(c3ccccc3)c3ccccc3)[nH]n2)c1)c1ccccc1. The first-order valence-electron chi connectivity index (χ1n) is 11.0. The summed E-state index contributed by atoms with van der Waals surface area (Å²) in [6.45, 7) is 0.284. The van der Waals surface area contributed by atoms with Crippen molar-refractivity contribution in [2.24, 2.45) is 0 Å². The van der Waals surface area contributed by atoms with Crippen molar-refractivity contribution in [1.82, 2.24) is 10.2 Å². The molecule has 0 spiro atoms. The quantitative estimate of drug-likeness (QED) is 0.277. The van der Waals surface area contributed by atoms with Crippen LogP contribution < -0.4 is 4.57 Å². The monoisotopic (exact) mass is 430 g/mol. The van der Waals surface area contributed by atoms with Crippen LogP contribution in [0.2, 0.25) is 0 Å². The van der Waals surface area contributed by atoms with Crippen molar-refractivity contribution in [2.45, 2.75) is 12.5 Å². The van der Waals surface area contributed by atoms with Crippen LogP contribution in [-0.4, -0.2) is 16.0 Å². The highest BCUT2D eigenvalue weighted by molar-refractivity contribution is 5.94. The average Bonchev–Trinajstić information content (AvgIpc) is 3.36. The second kappa shape index (κ2) is 9.45. The van der Waals surface area contributed by atoms with Crippen LogP contribution in [-0.2, 0) is 6.54 Å². The Morgan fingerprint density at radius 3 is 2.03 bits per heavy atom. The highest BCUT2D eigenvalue weighted by Gasteiger charge is 2.20. The second-order valence-corrected chi connectivity index (χ2v) is 8.02. The molecule has 4 heteroatoms. The summed E-state index contributed by atoms with van der Waals surface area (Å²) >= 11 is 0. The maximum Gasteiger partial charge on any atom is 0.227 e. The molecule has 5 rings (SSSR count). The minimum atomic E-state index is 0.0594. The lowest BCUT2D eigenvalue weighted by atomic mass is 9.88. The van der Waals surface area contributed by atoms with E-state index in [-0.39, 0.29) is 18.2 Å². The van der Waals surface area contributed by atoms with Gasteiger partial charge in [0, 0.05) is 17.3 Å². The number of H-pyrrole nitrogens is 1. The zero-order chi connectivity index (χ0) is 22.5. The Kier molecular flexibility index (Phi) is 5.89. The third kappa shape index (κ3) is 4.65. The smallest absolute Gasteiger partial charge is 0.227 e. The maximum absolute atomic E-state index is 12.6. The van der Waals surface area contributed by atoms with Gasteiger partial charge in [0.2, 0.25) is 12.3 Å². The summed E-state index contributed by atoms with van der Waals surface area (Å²) in [5.41, 5.74) is 5.96. The molecule has 0 radical (unpaired) electrons. The molecule has 0 atom stereocenters. The lowest BCUT2D eigenvalue weighted by Crippen LogP contribution is -2.37. The number of carbonyl (C=O) groups excluding carboxylic acids is 1. The number of hydrogen-bond donors (Lipinski definition) is 1. The third-order valence-corrected chi connectivity index (χ3v) is 5.75. The zero-order valence-corrected chi connectivity index (χ0v) is 18.1. The Hall–Kier alpha value is -4.31. The topological polar surface area (TPSA) is 49.6 Å². The number of pyridine rings is 1. The van der Waals surface area contributed by atoms with Gasteiger partial charge in [-0.15, -0.1) is 0 Å². The van der Waals surface area contributed by atoms with E-state index in [9.17, 15) is 4.79 Å². The normalized spacial score (nSPS) is 10.9. The molecule has 2 heterocycles. The molecule has 0 aliphatic rings. The van der Waals surface area contributed by atoms with Crippen molar-refractivity contribution in [3.8, 4) is 11.3 Å². The van der Waals surface area contributed by atoms with Crippen LogP contribution >= 0.6 is 0 Å². The van der Waals surface area contributed by atoms with Crippen molar-refractivity contribution in [3.63, 3.8) is 0 Å². The van der Waals surface area contributed by atoms with Crippen LogP contribution in [0.3, 0.4) is 0 Å². The summed E-state index contributed by atoms with van der Waals surface area (Å²) in [4.78, 5) is 12.6. The number of carbonyl (C=O) groups is 1. The van der Waals surface area contributed by atoms with Crippen molar-refractivity contribution in [2.75, 3.05) is 0 Å². The number of ketones is 1. The van der Waals surface area contributed by atoms with Gasteiger partial charge in [0.15, 0.2) is 12.4 Å². The van der Waals surface area contributed by atoms with Crippen molar-refractivity contribution in [1.29, 1.82) is 0 Å². The van der Waals surface area contributed by atoms with E-state index in [2.05, 4.69) is 64.8 Å². The van der Waals surface area contributed by atoms with Crippen LogP contribution in [0.5, 0.6) is 0 Å². The molecular formula is C29H24N3O+. The van der Waals surface area contributed by atoms with E-state index in [4.69, 9.17) is 0 Å². The van der Waals surface area contributed by atoms with Gasteiger partial charge in [-0.05, 0) is 23.3 Å². The van der Waals surface area contributed by atoms with Crippen LogP contribution in [0.25, 0.3) is 11.3 Å². The first-order valence-corrected chi connectivity index (χ1v) is 11.0. The number of nitrogens with zero attached hydrogens (tertiary/aromatic N) is 2. The molecule has 0 saturated heterocycles. The number of aromatic amines is 1. The molecule has 0 bridgehead atoms. The van der Waals surface area contributed by atoms with Crippen LogP contribution in [0.1, 0.15) is 33.1 Å². The van der Waals surface area contributed by atoms with Gasteiger partial charge < -0.3 is 0 Å². The fourth-order valence-electron chi connectivity index (χ4n) is 4.13. The fraction of sp³-hybridized carbons (Fsp3) is 0.0690. The molecule has 160 valence electrons. The van der Waals surface area contributed by atoms with Crippen LogP contribution in [0.15, 0.2) is 122 Å². The number of benzene rings is 3. The van der Waals surface area contributed by atoms with E-state index in [1.807, 2.05) is 71.6 Å². The highest BCUT2D eigenvalue weighted by atomic mass is 16.1. The fourth-order valence-corrected chi connectivity index (χ4v) is 4.13. The van der Waals surface area contributed by atoms with Gasteiger partial charge in [-0.25, -0.2) is 0 Å². The minimum Gasteiger partial charge on any atom is -0.287 e. The Bertz CT molecular complexity index is 1310. The summed E-state index contributed by atoms with van der Waals surface area (Å²) in [5.74, 6) is 0.137. The largest absolute Gasteiger partial charge is 0.287 e. The molecular weight excluding hydrogens is 406 g/mol. The Morgan fingerprint density at radius 1 is 0.788 bits per heavy atom. The van der Waals surface area contributed by atoms with Gasteiger partial charge >= 0.3 is 0 Å². The lowest BCUT2D eigenvalue weighted by Gasteiger charge is -2.16. The van der Waals surface area contributed by atoms with Crippen LogP contribution in [0, 0.1) is 0 Å². The van der Waals surface area contributed by atoms with E-state index in [0.717, 1.165) is 17.0 Å². The van der Waals surface area contributed by atoms with Gasteiger partial charge in [0.1, 0.15) is 0 Å². The van der Waals surface area contributed by atoms with Gasteiger partial charge in [-0.1, -0.05) is 91.0 Å². The molecule has 5 aromatic rings. The van der Waals surface area contributed by atoms with Crippen LogP contribution in [0.4, 0.5) is 0 Å². The van der Waals surface area contributed by atoms with Gasteiger partial charge in [-0.3, -0.25) is 9.89 Å². The average molecular weight is 431 g/mol. The molecule has 0 unspecified atom stereocenters. The lowest BCUT2D eigenvalue weighted by molar-refractivity contribution is -0.682. The third-order valence-electron chi connectivity index (χ3n) is 5.75. The van der Waals surface area contributed by atoms with Crippen molar-refractivity contribution < 1.29 is 9.36 Å². The van der Waals surface area contributed by atoms with Gasteiger partial charge in [0.05, 0.1) is 17.2 Å². The predicted molar refractivity (Wildman–Crippen MR) is 129 cm³/mol. The molecule has 3 aromatic carbocycles. The summed E-state index contributed by atoms with van der Waals surface area (Å²) < 4.78 is 1.91.